The van der Waals surface area contributed by atoms with Crippen LogP contribution in [0.2, 0.25) is 0 Å². The number of hydrogen-bond acceptors (Lipinski definition) is 1. The molecule has 0 aromatic carbocycles. The van der Waals surface area contributed by atoms with Gasteiger partial charge in [-0.15, -0.1) is 0 Å². The largest absolute Gasteiger partial charge is 2.00 e. The number of unbranched alkanes of at least 4 members (excludes halogenated alkanes) is 2. The second kappa shape index (κ2) is 8.33. The smallest absolute Gasteiger partial charge is 1.00 e. The van der Waals surface area contributed by atoms with Crippen molar-refractivity contribution >= 4 is 34.7 Å². The van der Waals surface area contributed by atoms with Gasteiger partial charge < -0.3 is 7.59 Å². The van der Waals surface area contributed by atoms with Gasteiger partial charge in [-0.25, -0.2) is 0 Å². The minimum atomic E-state index is -0.114. The van der Waals surface area contributed by atoms with Crippen LogP contribution in [0, 0.1) is 0 Å². The first-order chi connectivity index (χ1) is 5.45. The zero-order valence-electron chi connectivity index (χ0n) is 11.4. The number of hydrogen-bond donors (Lipinski definition) is 0. The van der Waals surface area contributed by atoms with Gasteiger partial charge in [0.05, 0.1) is 5.60 Å². The van der Waals surface area contributed by atoms with Crippen molar-refractivity contribution in [3.63, 3.8) is 0 Å². The molecule has 0 rings (SSSR count). The van der Waals surface area contributed by atoms with E-state index in [0.29, 0.717) is 0 Å². The van der Waals surface area contributed by atoms with Crippen LogP contribution in [0.3, 0.4) is 0 Å². The average molecular weight is 219 g/mol. The van der Waals surface area contributed by atoms with Crippen molar-refractivity contribution in [2.45, 2.75) is 64.5 Å². The molecule has 0 amide bonds. The van der Waals surface area contributed by atoms with Crippen molar-refractivity contribution in [3.8, 4) is 0 Å². The Hall–Kier alpha value is 1.02. The normalized spacial score (nSPS) is 13.6. The summed E-state index contributed by atoms with van der Waals surface area (Å²) in [4.78, 5) is 0. The fraction of sp³-hybridized carbons (Fsp3) is 1.00. The molecular formula is C10H23ClMgO. The zero-order valence-corrected chi connectivity index (χ0v) is 11.6. The SMILES string of the molecule is CCCCCC(Cl)OC(C)(C)C.[H-].[H-].[Mg+2]. The molecule has 13 heavy (non-hydrogen) atoms. The van der Waals surface area contributed by atoms with Crippen LogP contribution < -0.4 is 0 Å². The summed E-state index contributed by atoms with van der Waals surface area (Å²) in [5.41, 5.74) is -0.227. The van der Waals surface area contributed by atoms with Crippen molar-refractivity contribution < 1.29 is 7.59 Å². The van der Waals surface area contributed by atoms with Crippen LogP contribution in [0.4, 0.5) is 0 Å². The van der Waals surface area contributed by atoms with Gasteiger partial charge >= 0.3 is 23.1 Å². The molecule has 0 aliphatic heterocycles. The molecule has 0 aromatic rings. The van der Waals surface area contributed by atoms with E-state index in [9.17, 15) is 0 Å². The van der Waals surface area contributed by atoms with Gasteiger partial charge in [0.25, 0.3) is 0 Å². The molecule has 0 spiro atoms. The molecule has 0 heterocycles. The predicted molar refractivity (Wildman–Crippen MR) is 62.6 cm³/mol. The van der Waals surface area contributed by atoms with Gasteiger partial charge in [-0.1, -0.05) is 31.4 Å². The summed E-state index contributed by atoms with van der Waals surface area (Å²) < 4.78 is 5.55. The van der Waals surface area contributed by atoms with Crippen LogP contribution in [0.25, 0.3) is 0 Å². The Morgan fingerprint density at radius 2 is 1.85 bits per heavy atom. The molecular weight excluding hydrogens is 196 g/mol. The van der Waals surface area contributed by atoms with E-state index < -0.39 is 0 Å². The molecule has 1 nitrogen and oxygen atoms in total. The third kappa shape index (κ3) is 13.0. The standard InChI is InChI=1S/C10H21ClO.Mg.2H/c1-5-6-7-8-9(11)12-10(2,3)4;;;/h9H,5-8H2,1-4H3;;;/q;+2;2*-1. The van der Waals surface area contributed by atoms with Crippen LogP contribution in [-0.2, 0) is 4.74 Å². The van der Waals surface area contributed by atoms with Crippen molar-refractivity contribution in [2.75, 3.05) is 0 Å². The maximum absolute atomic E-state index is 5.98. The Morgan fingerprint density at radius 3 is 2.23 bits per heavy atom. The van der Waals surface area contributed by atoms with Crippen LogP contribution in [-0.4, -0.2) is 34.2 Å². The zero-order chi connectivity index (χ0) is 9.61. The Morgan fingerprint density at radius 1 is 1.31 bits per heavy atom. The minimum absolute atomic E-state index is 0. The minimum Gasteiger partial charge on any atom is -1.00 e. The van der Waals surface area contributed by atoms with E-state index in [1.807, 2.05) is 20.8 Å². The van der Waals surface area contributed by atoms with Crippen LogP contribution in [0.1, 0.15) is 56.2 Å². The Balaban J connectivity index is -0.000000202. The van der Waals surface area contributed by atoms with Gasteiger partial charge in [0.15, 0.2) is 0 Å². The summed E-state index contributed by atoms with van der Waals surface area (Å²) in [6.45, 7) is 8.28. The summed E-state index contributed by atoms with van der Waals surface area (Å²) in [5, 5.41) is 0. The van der Waals surface area contributed by atoms with Gasteiger partial charge in [-0.05, 0) is 33.6 Å². The van der Waals surface area contributed by atoms with Gasteiger partial charge in [0.2, 0.25) is 0 Å². The maximum atomic E-state index is 5.98. The molecule has 1 unspecified atom stereocenters. The quantitative estimate of drug-likeness (QED) is 0.388. The van der Waals surface area contributed by atoms with Crippen molar-refractivity contribution in [2.24, 2.45) is 0 Å². The van der Waals surface area contributed by atoms with E-state index in [1.54, 1.807) is 0 Å². The second-order valence-corrected chi connectivity index (χ2v) is 4.62. The predicted octanol–water partition coefficient (Wildman–Crippen LogP) is 3.79. The van der Waals surface area contributed by atoms with Crippen molar-refractivity contribution in [3.05, 3.63) is 0 Å². The third-order valence-electron chi connectivity index (χ3n) is 1.52. The van der Waals surface area contributed by atoms with Crippen molar-refractivity contribution in [1.82, 2.24) is 0 Å². The Bertz CT molecular complexity index is 120. The Labute approximate surface area is 107 Å². The number of ether oxygens (including phenoxy) is 1. The fourth-order valence-electron chi connectivity index (χ4n) is 0.997. The third-order valence-corrected chi connectivity index (χ3v) is 1.82. The van der Waals surface area contributed by atoms with Crippen molar-refractivity contribution in [1.29, 1.82) is 0 Å². The van der Waals surface area contributed by atoms with Gasteiger partial charge in [-0.3, -0.25) is 0 Å². The van der Waals surface area contributed by atoms with E-state index in [0.717, 1.165) is 6.42 Å². The molecule has 3 heteroatoms. The summed E-state index contributed by atoms with van der Waals surface area (Å²) in [7, 11) is 0. The second-order valence-electron chi connectivity index (χ2n) is 4.14. The van der Waals surface area contributed by atoms with E-state index in [-0.39, 0.29) is 37.1 Å². The Kier molecular flexibility index (Phi) is 10.5. The summed E-state index contributed by atoms with van der Waals surface area (Å²) >= 11 is 5.98. The van der Waals surface area contributed by atoms with Gasteiger partial charge in [-0.2, -0.15) is 0 Å². The van der Waals surface area contributed by atoms with E-state index >= 15 is 0 Å². The summed E-state index contributed by atoms with van der Waals surface area (Å²) in [6, 6.07) is 0. The van der Waals surface area contributed by atoms with E-state index in [4.69, 9.17) is 16.3 Å². The monoisotopic (exact) mass is 218 g/mol. The molecule has 0 radical (unpaired) electrons. The molecule has 0 saturated heterocycles. The molecule has 0 fully saturated rings. The summed E-state index contributed by atoms with van der Waals surface area (Å²) in [5.74, 6) is 0. The molecule has 0 saturated carbocycles. The van der Waals surface area contributed by atoms with Crippen LogP contribution >= 0.6 is 11.6 Å². The molecule has 0 N–H and O–H groups in total. The first-order valence-electron chi connectivity index (χ1n) is 4.77. The van der Waals surface area contributed by atoms with Gasteiger partial charge in [0.1, 0.15) is 5.56 Å². The van der Waals surface area contributed by atoms with Crippen LogP contribution in [0.5, 0.6) is 0 Å². The average Bonchev–Trinajstić information content (AvgIpc) is 1.84. The molecule has 1 atom stereocenters. The van der Waals surface area contributed by atoms with E-state index in [1.165, 1.54) is 19.3 Å². The topological polar surface area (TPSA) is 9.23 Å². The molecule has 0 bridgehead atoms. The van der Waals surface area contributed by atoms with Gasteiger partial charge in [0, 0.05) is 0 Å². The first kappa shape index (κ1) is 16.4. The van der Waals surface area contributed by atoms with Crippen LogP contribution in [0.15, 0.2) is 0 Å². The maximum Gasteiger partial charge on any atom is 2.00 e. The molecule has 78 valence electrons. The molecule has 0 aromatic heterocycles. The number of alkyl halides is 1. The summed E-state index contributed by atoms with van der Waals surface area (Å²) in [6.07, 6.45) is 4.61. The number of halogens is 1. The first-order valence-corrected chi connectivity index (χ1v) is 5.21. The fourth-order valence-corrected chi connectivity index (χ4v) is 1.42. The number of rotatable bonds is 5. The van der Waals surface area contributed by atoms with E-state index in [2.05, 4.69) is 6.92 Å². The molecule has 0 aliphatic carbocycles. The molecule has 0 aliphatic rings.